The smallest absolute Gasteiger partial charge is 0.234 e. The second kappa shape index (κ2) is 9.92. The molecule has 1 N–H and O–H groups in total. The molecule has 0 aliphatic carbocycles. The molecule has 5 nitrogen and oxygen atoms in total. The molecule has 2 heterocycles. The predicted octanol–water partition coefficient (Wildman–Crippen LogP) is 2.71. The highest BCUT2D eigenvalue weighted by atomic mass is 35.5. The quantitative estimate of drug-likeness (QED) is 0.749. The van der Waals surface area contributed by atoms with Crippen LogP contribution in [0, 0.1) is 0 Å². The van der Waals surface area contributed by atoms with Crippen molar-refractivity contribution in [2.45, 2.75) is 6.54 Å². The number of halogens is 1. The van der Waals surface area contributed by atoms with E-state index in [1.807, 2.05) is 41.8 Å². The number of amides is 1. The minimum absolute atomic E-state index is 0.0953. The number of carbonyl (C=O) groups is 1. The molecule has 1 aromatic heterocycles. The van der Waals surface area contributed by atoms with Crippen molar-refractivity contribution in [2.75, 3.05) is 45.9 Å². The Bertz CT molecular complexity index is 671. The van der Waals surface area contributed by atoms with Gasteiger partial charge < -0.3 is 10.1 Å². The summed E-state index contributed by atoms with van der Waals surface area (Å²) in [7, 11) is 0. The third-order valence-electron chi connectivity index (χ3n) is 4.36. The average Bonchev–Trinajstić information content (AvgIpc) is 3.17. The van der Waals surface area contributed by atoms with Crippen LogP contribution in [0.4, 0.5) is 0 Å². The Kier molecular flexibility index (Phi) is 7.32. The second-order valence-electron chi connectivity index (χ2n) is 6.28. The highest BCUT2D eigenvalue weighted by molar-refractivity contribution is 7.09. The summed E-state index contributed by atoms with van der Waals surface area (Å²) in [5, 5.41) is 5.73. The molecule has 0 atom stereocenters. The lowest BCUT2D eigenvalue weighted by molar-refractivity contribution is -0.122. The van der Waals surface area contributed by atoms with Crippen molar-refractivity contribution in [1.82, 2.24) is 15.1 Å². The Labute approximate surface area is 163 Å². The summed E-state index contributed by atoms with van der Waals surface area (Å²) in [6.07, 6.45) is 0. The summed E-state index contributed by atoms with van der Waals surface area (Å²) >= 11 is 7.53. The number of hydrogen-bond acceptors (Lipinski definition) is 5. The van der Waals surface area contributed by atoms with Crippen LogP contribution in [0.25, 0.3) is 0 Å². The van der Waals surface area contributed by atoms with Gasteiger partial charge in [-0.15, -0.1) is 11.3 Å². The van der Waals surface area contributed by atoms with Crippen LogP contribution in [0.5, 0.6) is 5.75 Å². The standard InChI is InChI=1S/C19H24ClN3O2S/c20-16-3-5-17(6-4-16)25-12-11-22-7-9-23(10-8-22)15-19(24)21-14-18-2-1-13-26-18/h1-6,13H,7-12,14-15H2,(H,21,24). The number of carbonyl (C=O) groups excluding carboxylic acids is 1. The molecule has 1 aromatic carbocycles. The van der Waals surface area contributed by atoms with Crippen LogP contribution >= 0.6 is 22.9 Å². The van der Waals surface area contributed by atoms with Gasteiger partial charge in [0.2, 0.25) is 5.91 Å². The lowest BCUT2D eigenvalue weighted by Crippen LogP contribution is -2.50. The fraction of sp³-hybridized carbons (Fsp3) is 0.421. The molecule has 1 fully saturated rings. The maximum atomic E-state index is 12.0. The monoisotopic (exact) mass is 393 g/mol. The van der Waals surface area contributed by atoms with E-state index >= 15 is 0 Å². The first-order chi connectivity index (χ1) is 12.7. The first-order valence-electron chi connectivity index (χ1n) is 8.81. The minimum Gasteiger partial charge on any atom is -0.492 e. The van der Waals surface area contributed by atoms with E-state index in [2.05, 4.69) is 15.1 Å². The molecule has 1 amide bonds. The molecule has 3 rings (SSSR count). The zero-order chi connectivity index (χ0) is 18.2. The third-order valence-corrected chi connectivity index (χ3v) is 5.49. The molecular weight excluding hydrogens is 370 g/mol. The number of nitrogens with one attached hydrogen (secondary N) is 1. The zero-order valence-corrected chi connectivity index (χ0v) is 16.3. The van der Waals surface area contributed by atoms with E-state index in [1.54, 1.807) is 11.3 Å². The lowest BCUT2D eigenvalue weighted by atomic mass is 10.3. The van der Waals surface area contributed by atoms with Gasteiger partial charge in [-0.25, -0.2) is 0 Å². The van der Waals surface area contributed by atoms with Gasteiger partial charge in [0.1, 0.15) is 12.4 Å². The molecule has 1 saturated heterocycles. The predicted molar refractivity (Wildman–Crippen MR) is 106 cm³/mol. The number of benzene rings is 1. The van der Waals surface area contributed by atoms with Gasteiger partial charge >= 0.3 is 0 Å². The van der Waals surface area contributed by atoms with Crippen LogP contribution in [0.2, 0.25) is 5.02 Å². The molecule has 2 aromatic rings. The number of hydrogen-bond donors (Lipinski definition) is 1. The van der Waals surface area contributed by atoms with Gasteiger partial charge in [0.15, 0.2) is 0 Å². The molecular formula is C19H24ClN3O2S. The molecule has 0 radical (unpaired) electrons. The fourth-order valence-corrected chi connectivity index (χ4v) is 3.62. The normalized spacial score (nSPS) is 15.7. The van der Waals surface area contributed by atoms with Crippen molar-refractivity contribution < 1.29 is 9.53 Å². The van der Waals surface area contributed by atoms with E-state index in [4.69, 9.17) is 16.3 Å². The van der Waals surface area contributed by atoms with Crippen molar-refractivity contribution in [3.8, 4) is 5.75 Å². The Morgan fingerprint density at radius 1 is 1.12 bits per heavy atom. The Hall–Kier alpha value is -1.60. The summed E-state index contributed by atoms with van der Waals surface area (Å²) in [5.74, 6) is 0.938. The van der Waals surface area contributed by atoms with E-state index in [0.717, 1.165) is 38.5 Å². The molecule has 26 heavy (non-hydrogen) atoms. The van der Waals surface area contributed by atoms with Crippen molar-refractivity contribution in [2.24, 2.45) is 0 Å². The van der Waals surface area contributed by atoms with Gasteiger partial charge in [0.25, 0.3) is 0 Å². The topological polar surface area (TPSA) is 44.8 Å². The van der Waals surface area contributed by atoms with Gasteiger partial charge in [0.05, 0.1) is 13.1 Å². The highest BCUT2D eigenvalue weighted by Gasteiger charge is 2.18. The van der Waals surface area contributed by atoms with E-state index in [0.29, 0.717) is 24.7 Å². The number of piperazine rings is 1. The summed E-state index contributed by atoms with van der Waals surface area (Å²) in [4.78, 5) is 17.8. The van der Waals surface area contributed by atoms with Crippen molar-refractivity contribution >= 4 is 28.8 Å². The third kappa shape index (κ3) is 6.29. The van der Waals surface area contributed by atoms with Gasteiger partial charge in [-0.05, 0) is 35.7 Å². The summed E-state index contributed by atoms with van der Waals surface area (Å²) in [5.41, 5.74) is 0. The van der Waals surface area contributed by atoms with Crippen molar-refractivity contribution in [3.05, 3.63) is 51.7 Å². The van der Waals surface area contributed by atoms with E-state index in [1.165, 1.54) is 4.88 Å². The lowest BCUT2D eigenvalue weighted by Gasteiger charge is -2.34. The number of ether oxygens (including phenoxy) is 1. The Balaban J connectivity index is 1.28. The Morgan fingerprint density at radius 3 is 2.54 bits per heavy atom. The van der Waals surface area contributed by atoms with Crippen molar-refractivity contribution in [1.29, 1.82) is 0 Å². The van der Waals surface area contributed by atoms with Gasteiger partial charge in [-0.1, -0.05) is 17.7 Å². The van der Waals surface area contributed by atoms with Crippen LogP contribution in [-0.4, -0.2) is 61.6 Å². The van der Waals surface area contributed by atoms with Crippen LogP contribution in [0.1, 0.15) is 4.88 Å². The SMILES string of the molecule is O=C(CN1CCN(CCOc2ccc(Cl)cc2)CC1)NCc1cccs1. The second-order valence-corrected chi connectivity index (χ2v) is 7.74. The molecule has 0 saturated carbocycles. The number of nitrogens with zero attached hydrogens (tertiary/aromatic N) is 2. The van der Waals surface area contributed by atoms with Crippen LogP contribution < -0.4 is 10.1 Å². The van der Waals surface area contributed by atoms with Crippen LogP contribution in [-0.2, 0) is 11.3 Å². The highest BCUT2D eigenvalue weighted by Crippen LogP contribution is 2.15. The average molecular weight is 394 g/mol. The molecule has 0 bridgehead atoms. The van der Waals surface area contributed by atoms with Crippen LogP contribution in [0.15, 0.2) is 41.8 Å². The summed E-state index contributed by atoms with van der Waals surface area (Å²) in [6.45, 7) is 6.38. The van der Waals surface area contributed by atoms with E-state index in [9.17, 15) is 4.79 Å². The first-order valence-corrected chi connectivity index (χ1v) is 10.1. The molecule has 0 spiro atoms. The molecule has 1 aliphatic rings. The largest absolute Gasteiger partial charge is 0.492 e. The molecule has 140 valence electrons. The Morgan fingerprint density at radius 2 is 1.85 bits per heavy atom. The van der Waals surface area contributed by atoms with E-state index < -0.39 is 0 Å². The van der Waals surface area contributed by atoms with Gasteiger partial charge in [-0.3, -0.25) is 14.6 Å². The minimum atomic E-state index is 0.0953. The first kappa shape index (κ1) is 19.2. The van der Waals surface area contributed by atoms with E-state index in [-0.39, 0.29) is 5.91 Å². The fourth-order valence-electron chi connectivity index (χ4n) is 2.85. The molecule has 7 heteroatoms. The maximum absolute atomic E-state index is 12.0. The molecule has 1 aliphatic heterocycles. The number of thiophene rings is 1. The summed E-state index contributed by atoms with van der Waals surface area (Å²) in [6, 6.07) is 11.5. The van der Waals surface area contributed by atoms with Gasteiger partial charge in [-0.2, -0.15) is 0 Å². The maximum Gasteiger partial charge on any atom is 0.234 e. The molecule has 0 unspecified atom stereocenters. The van der Waals surface area contributed by atoms with Crippen molar-refractivity contribution in [3.63, 3.8) is 0 Å². The van der Waals surface area contributed by atoms with Crippen LogP contribution in [0.3, 0.4) is 0 Å². The zero-order valence-electron chi connectivity index (χ0n) is 14.7. The van der Waals surface area contributed by atoms with Gasteiger partial charge in [0, 0.05) is 42.6 Å². The number of rotatable bonds is 8. The summed E-state index contributed by atoms with van der Waals surface area (Å²) < 4.78 is 5.75.